The van der Waals surface area contributed by atoms with Gasteiger partial charge in [0.25, 0.3) is 0 Å². The lowest BCUT2D eigenvalue weighted by Crippen LogP contribution is -2.39. The molecule has 1 rings (SSSR count). The molecule has 0 amide bonds. The Balaban J connectivity index is 3.30. The molecule has 0 radical (unpaired) electrons. The van der Waals surface area contributed by atoms with Crippen molar-refractivity contribution >= 4 is 11.4 Å². The Morgan fingerprint density at radius 2 is 1.71 bits per heavy atom. The van der Waals surface area contributed by atoms with E-state index in [2.05, 4.69) is 0 Å². The van der Waals surface area contributed by atoms with Gasteiger partial charge in [-0.1, -0.05) is 0 Å². The average molecular weight is 206 g/mol. The quantitative estimate of drug-likeness (QED) is 0.361. The van der Waals surface area contributed by atoms with Gasteiger partial charge >= 0.3 is 6.18 Å². The Morgan fingerprint density at radius 3 is 2.14 bits per heavy atom. The zero-order valence-electron chi connectivity index (χ0n) is 7.05. The van der Waals surface area contributed by atoms with Crippen molar-refractivity contribution in [2.24, 2.45) is 11.7 Å². The normalized spacial score (nSPS) is 11.5. The van der Waals surface area contributed by atoms with Crippen molar-refractivity contribution in [3.63, 3.8) is 0 Å². The van der Waals surface area contributed by atoms with Gasteiger partial charge in [-0.3, -0.25) is 0 Å². The van der Waals surface area contributed by atoms with Gasteiger partial charge in [0.1, 0.15) is 0 Å². The van der Waals surface area contributed by atoms with Crippen LogP contribution in [0.4, 0.5) is 24.5 Å². The summed E-state index contributed by atoms with van der Waals surface area (Å²) in [4.78, 5) is 0. The fourth-order valence-electron chi connectivity index (χ4n) is 1.01. The lowest BCUT2D eigenvalue weighted by Gasteiger charge is -2.18. The fourth-order valence-corrected chi connectivity index (χ4v) is 1.01. The number of rotatable bonds is 1. The van der Waals surface area contributed by atoms with E-state index in [0.717, 1.165) is 12.1 Å². The molecule has 1 aromatic rings. The zero-order chi connectivity index (χ0) is 10.9. The molecule has 0 spiro atoms. The first kappa shape index (κ1) is 10.6. The minimum atomic E-state index is -4.53. The van der Waals surface area contributed by atoms with Crippen LogP contribution in [0.2, 0.25) is 0 Å². The van der Waals surface area contributed by atoms with Crippen LogP contribution >= 0.6 is 0 Å². The Hall–Kier alpha value is -1.47. The first-order valence-corrected chi connectivity index (χ1v) is 3.58. The number of alkyl halides is 3. The number of nitrogen functional groups attached to an aromatic ring is 1. The Bertz CT molecular complexity index is 334. The zero-order valence-corrected chi connectivity index (χ0v) is 7.05. The van der Waals surface area contributed by atoms with Crippen LogP contribution in [-0.2, 0) is 6.18 Å². The van der Waals surface area contributed by atoms with Crippen molar-refractivity contribution in [3.05, 3.63) is 23.8 Å². The highest BCUT2D eigenvalue weighted by atomic mass is 19.4. The van der Waals surface area contributed by atoms with Crippen LogP contribution in [0.25, 0.3) is 0 Å². The maximum Gasteiger partial charge on any atom is 0.418 e. The molecule has 0 aliphatic rings. The van der Waals surface area contributed by atoms with E-state index in [9.17, 15) is 13.2 Å². The topological polar surface area (TPSA) is 81.3 Å². The summed E-state index contributed by atoms with van der Waals surface area (Å²) < 4.78 is 37.2. The van der Waals surface area contributed by atoms with Gasteiger partial charge in [-0.05, 0) is 18.2 Å². The summed E-state index contributed by atoms with van der Waals surface area (Å²) in [5.41, 5.74) is 3.94. The van der Waals surface area contributed by atoms with E-state index in [1.165, 1.54) is 6.07 Å². The lowest BCUT2D eigenvalue weighted by atomic mass is 10.1. The molecular weight excluding hydrogens is 197 g/mol. The van der Waals surface area contributed by atoms with Gasteiger partial charge in [-0.25, -0.2) is 16.8 Å². The average Bonchev–Trinajstić information content (AvgIpc) is 2.01. The standard InChI is InChI=1S/C7H9F3N4/c8-7(9,10)5-3-4(11)1-2-6(5)14(12)13/h1-3H,11-13H2. The number of hydrazine groups is 2. The summed E-state index contributed by atoms with van der Waals surface area (Å²) in [6, 6.07) is 3.18. The molecule has 0 saturated heterocycles. The van der Waals surface area contributed by atoms with Crippen LogP contribution in [0.5, 0.6) is 0 Å². The molecule has 0 fully saturated rings. The molecule has 0 aliphatic heterocycles. The van der Waals surface area contributed by atoms with E-state index in [4.69, 9.17) is 17.4 Å². The van der Waals surface area contributed by atoms with E-state index < -0.39 is 11.7 Å². The highest BCUT2D eigenvalue weighted by Crippen LogP contribution is 2.36. The van der Waals surface area contributed by atoms with Gasteiger partial charge in [-0.2, -0.15) is 13.2 Å². The summed E-state index contributed by atoms with van der Waals surface area (Å²) in [6.07, 6.45) is -4.53. The van der Waals surface area contributed by atoms with Gasteiger partial charge in [-0.15, -0.1) is 0 Å². The van der Waals surface area contributed by atoms with Crippen LogP contribution in [-0.4, -0.2) is 0 Å². The van der Waals surface area contributed by atoms with Gasteiger partial charge < -0.3 is 5.73 Å². The van der Waals surface area contributed by atoms with Gasteiger partial charge in [0.05, 0.1) is 11.3 Å². The van der Waals surface area contributed by atoms with Gasteiger partial charge in [0.15, 0.2) is 0 Å². The third-order valence-corrected chi connectivity index (χ3v) is 1.60. The van der Waals surface area contributed by atoms with Gasteiger partial charge in [0, 0.05) is 5.69 Å². The van der Waals surface area contributed by atoms with E-state index in [1.54, 1.807) is 0 Å². The number of nitrogens with two attached hydrogens (primary N) is 3. The predicted octanol–water partition coefficient (Wildman–Crippen LogP) is 0.841. The van der Waals surface area contributed by atoms with E-state index in [-0.39, 0.29) is 11.4 Å². The summed E-state index contributed by atoms with van der Waals surface area (Å²) >= 11 is 0. The molecule has 0 bridgehead atoms. The molecule has 0 aliphatic carbocycles. The fraction of sp³-hybridized carbons (Fsp3) is 0.143. The summed E-state index contributed by atoms with van der Waals surface area (Å²) in [5, 5.41) is 0.405. The van der Waals surface area contributed by atoms with Crippen LogP contribution in [0.1, 0.15) is 5.56 Å². The maximum atomic E-state index is 12.4. The van der Waals surface area contributed by atoms with E-state index in [0.29, 0.717) is 5.12 Å². The summed E-state index contributed by atoms with van der Waals surface area (Å²) in [7, 11) is 0. The molecule has 0 saturated carbocycles. The minimum Gasteiger partial charge on any atom is -0.399 e. The van der Waals surface area contributed by atoms with Crippen LogP contribution in [0.3, 0.4) is 0 Å². The Labute approximate surface area is 78.0 Å². The number of hydrogen-bond donors (Lipinski definition) is 3. The van der Waals surface area contributed by atoms with Crippen molar-refractivity contribution in [1.29, 1.82) is 0 Å². The third kappa shape index (κ3) is 2.06. The van der Waals surface area contributed by atoms with Crippen molar-refractivity contribution < 1.29 is 13.2 Å². The molecule has 0 unspecified atom stereocenters. The second-order valence-corrected chi connectivity index (χ2v) is 2.68. The molecule has 0 heterocycles. The van der Waals surface area contributed by atoms with Crippen molar-refractivity contribution in [2.75, 3.05) is 10.9 Å². The molecule has 4 nitrogen and oxygen atoms in total. The number of halogens is 3. The second-order valence-electron chi connectivity index (χ2n) is 2.68. The first-order valence-electron chi connectivity index (χ1n) is 3.58. The smallest absolute Gasteiger partial charge is 0.399 e. The van der Waals surface area contributed by atoms with E-state index in [1.807, 2.05) is 0 Å². The highest BCUT2D eigenvalue weighted by Gasteiger charge is 2.34. The number of nitrogens with zero attached hydrogens (tertiary/aromatic N) is 1. The Kier molecular flexibility index (Phi) is 2.54. The van der Waals surface area contributed by atoms with Crippen molar-refractivity contribution in [2.45, 2.75) is 6.18 Å². The minimum absolute atomic E-state index is 0.00271. The lowest BCUT2D eigenvalue weighted by molar-refractivity contribution is -0.137. The van der Waals surface area contributed by atoms with Crippen molar-refractivity contribution in [1.82, 2.24) is 0 Å². The predicted molar refractivity (Wildman–Crippen MR) is 46.7 cm³/mol. The molecule has 1 aromatic carbocycles. The molecule has 6 N–H and O–H groups in total. The summed E-state index contributed by atoms with van der Waals surface area (Å²) in [6.45, 7) is 0. The first-order chi connectivity index (χ1) is 6.32. The molecule has 78 valence electrons. The highest BCUT2D eigenvalue weighted by molar-refractivity contribution is 5.59. The Morgan fingerprint density at radius 1 is 1.14 bits per heavy atom. The van der Waals surface area contributed by atoms with Crippen LogP contribution in [0, 0.1) is 0 Å². The largest absolute Gasteiger partial charge is 0.418 e. The number of hydrogen-bond acceptors (Lipinski definition) is 4. The number of anilines is 2. The monoisotopic (exact) mass is 206 g/mol. The second kappa shape index (κ2) is 3.35. The SMILES string of the molecule is Nc1ccc(N(N)N)c(C(F)(F)F)c1. The van der Waals surface area contributed by atoms with Crippen LogP contribution in [0.15, 0.2) is 18.2 Å². The molecule has 7 heteroatoms. The maximum absolute atomic E-state index is 12.4. The van der Waals surface area contributed by atoms with Crippen LogP contribution < -0.4 is 22.5 Å². The van der Waals surface area contributed by atoms with Crippen molar-refractivity contribution in [3.8, 4) is 0 Å². The molecule has 14 heavy (non-hydrogen) atoms. The molecular formula is C7H9F3N4. The molecule has 0 aromatic heterocycles. The third-order valence-electron chi connectivity index (χ3n) is 1.60. The van der Waals surface area contributed by atoms with Gasteiger partial charge in [0.2, 0.25) is 0 Å². The summed E-state index contributed by atoms with van der Waals surface area (Å²) in [5.74, 6) is 10.1. The number of benzene rings is 1. The van der Waals surface area contributed by atoms with E-state index >= 15 is 0 Å². The molecule has 0 atom stereocenters.